The summed E-state index contributed by atoms with van der Waals surface area (Å²) in [7, 11) is 1.65. The fraction of sp³-hybridized carbons (Fsp3) is 0.462. The van der Waals surface area contributed by atoms with Gasteiger partial charge in [0.2, 0.25) is 0 Å². The molecule has 1 heterocycles. The Kier molecular flexibility index (Phi) is 9.40. The molecule has 6 nitrogen and oxygen atoms in total. The maximum atomic E-state index is 9.86. The summed E-state index contributed by atoms with van der Waals surface area (Å²) in [6.07, 6.45) is 4.83. The number of aliphatic hydroxyl groups is 1. The molecule has 3 N–H and O–H groups in total. The Morgan fingerprint density at radius 1 is 1.50 bits per heavy atom. The first kappa shape index (κ1) is 18.4. The molecule has 1 rings (SSSR count). The lowest BCUT2D eigenvalue weighted by atomic mass is 10.1. The first-order valence-corrected chi connectivity index (χ1v) is 7.44. The highest BCUT2D eigenvalue weighted by atomic mass is 32.2. The fourth-order valence-corrected chi connectivity index (χ4v) is 1.59. The molecular weight excluding hydrogens is 276 g/mol. The molecule has 112 valence electrons. The van der Waals surface area contributed by atoms with Crippen molar-refractivity contribution in [1.29, 1.82) is 0 Å². The van der Waals surface area contributed by atoms with Crippen molar-refractivity contribution in [1.82, 2.24) is 10.4 Å². The molecule has 0 bridgehead atoms. The van der Waals surface area contributed by atoms with Gasteiger partial charge in [-0.05, 0) is 13.2 Å². The average Bonchev–Trinajstić information content (AvgIpc) is 2.50. The van der Waals surface area contributed by atoms with Crippen molar-refractivity contribution in [2.45, 2.75) is 27.4 Å². The average molecular weight is 298 g/mol. The third-order valence-electron chi connectivity index (χ3n) is 2.28. The number of aromatic nitrogens is 1. The second kappa shape index (κ2) is 10.2. The van der Waals surface area contributed by atoms with Crippen LogP contribution in [0.25, 0.3) is 0 Å². The molecule has 1 aromatic rings. The van der Waals surface area contributed by atoms with Crippen LogP contribution in [0.15, 0.2) is 16.3 Å². The fourth-order valence-electron chi connectivity index (χ4n) is 1.26. The van der Waals surface area contributed by atoms with Crippen molar-refractivity contribution in [3.8, 4) is 5.75 Å². The highest BCUT2D eigenvalue weighted by Gasteiger charge is 2.09. The van der Waals surface area contributed by atoms with Crippen molar-refractivity contribution in [2.24, 2.45) is 10.1 Å². The van der Waals surface area contributed by atoms with Crippen LogP contribution in [0, 0.1) is 6.92 Å². The van der Waals surface area contributed by atoms with Crippen LogP contribution in [0.4, 0.5) is 0 Å². The first-order chi connectivity index (χ1) is 9.63. The lowest BCUT2D eigenvalue weighted by Crippen LogP contribution is -2.13. The van der Waals surface area contributed by atoms with Crippen LogP contribution >= 0.6 is 11.8 Å². The van der Waals surface area contributed by atoms with Crippen LogP contribution < -0.4 is 5.43 Å². The zero-order valence-electron chi connectivity index (χ0n) is 12.5. The van der Waals surface area contributed by atoms with Gasteiger partial charge < -0.3 is 10.2 Å². The lowest BCUT2D eigenvalue weighted by Gasteiger charge is -2.07. The van der Waals surface area contributed by atoms with Crippen molar-refractivity contribution in [3.63, 3.8) is 0 Å². The van der Waals surface area contributed by atoms with E-state index in [9.17, 15) is 10.2 Å². The third kappa shape index (κ3) is 5.18. The van der Waals surface area contributed by atoms with E-state index >= 15 is 0 Å². The quantitative estimate of drug-likeness (QED) is 0.450. The van der Waals surface area contributed by atoms with E-state index in [1.165, 1.54) is 24.2 Å². The number of aromatic hydroxyl groups is 1. The van der Waals surface area contributed by atoms with Crippen molar-refractivity contribution in [3.05, 3.63) is 23.0 Å². The van der Waals surface area contributed by atoms with Crippen LogP contribution in [-0.4, -0.2) is 39.9 Å². The lowest BCUT2D eigenvalue weighted by molar-refractivity contribution is 0.280. The molecule has 0 fully saturated rings. The number of hydrogen-bond donors (Lipinski definition) is 3. The number of aliphatic imine (C=N–C) groups is 1. The minimum Gasteiger partial charge on any atom is -0.505 e. The second-order valence-electron chi connectivity index (χ2n) is 3.39. The van der Waals surface area contributed by atoms with Gasteiger partial charge in [-0.15, -0.1) is 0 Å². The maximum Gasteiger partial charge on any atom is 0.176 e. The standard InChI is InChI=1S/C11H16N4O2S.C2H6/c1-7-10(17)9(8(6-16)4-13-7)5-14-15-11(12-2)18-3;1-2/h4-5,16-17H,6H2,1-3H3,(H,12,15);1-2H3/b14-5+;. The summed E-state index contributed by atoms with van der Waals surface area (Å²) in [5, 5.41) is 23.7. The third-order valence-corrected chi connectivity index (χ3v) is 2.94. The van der Waals surface area contributed by atoms with Gasteiger partial charge in [0.05, 0.1) is 18.5 Å². The Hall–Kier alpha value is -1.60. The second-order valence-corrected chi connectivity index (χ2v) is 4.19. The van der Waals surface area contributed by atoms with Gasteiger partial charge in [-0.3, -0.25) is 15.4 Å². The number of aliphatic hydroxyl groups excluding tert-OH is 1. The molecule has 0 radical (unpaired) electrons. The van der Waals surface area contributed by atoms with E-state index in [1.54, 1.807) is 14.0 Å². The molecule has 0 aliphatic carbocycles. The van der Waals surface area contributed by atoms with Crippen LogP contribution in [0.2, 0.25) is 0 Å². The summed E-state index contributed by atoms with van der Waals surface area (Å²) in [5.41, 5.74) is 4.19. The number of pyridine rings is 1. The molecule has 0 amide bonds. The summed E-state index contributed by atoms with van der Waals surface area (Å²) in [5.74, 6) is 0.0197. The summed E-state index contributed by atoms with van der Waals surface area (Å²) < 4.78 is 0. The molecule has 0 unspecified atom stereocenters. The van der Waals surface area contributed by atoms with E-state index in [1.807, 2.05) is 20.1 Å². The molecule has 1 aromatic heterocycles. The van der Waals surface area contributed by atoms with Gasteiger partial charge in [-0.25, -0.2) is 0 Å². The van der Waals surface area contributed by atoms with Crippen LogP contribution in [0.1, 0.15) is 30.7 Å². The minimum absolute atomic E-state index is 0.0197. The van der Waals surface area contributed by atoms with Crippen molar-refractivity contribution in [2.75, 3.05) is 13.3 Å². The van der Waals surface area contributed by atoms with E-state index in [0.29, 0.717) is 22.0 Å². The summed E-state index contributed by atoms with van der Waals surface area (Å²) in [6, 6.07) is 0. The van der Waals surface area contributed by atoms with E-state index < -0.39 is 0 Å². The van der Waals surface area contributed by atoms with E-state index in [-0.39, 0.29) is 12.4 Å². The molecule has 20 heavy (non-hydrogen) atoms. The largest absolute Gasteiger partial charge is 0.505 e. The normalized spacial score (nSPS) is 11.2. The molecule has 0 aliphatic heterocycles. The number of thioether (sulfide) groups is 1. The van der Waals surface area contributed by atoms with Crippen molar-refractivity contribution < 1.29 is 10.2 Å². The molecule has 0 saturated heterocycles. The number of rotatable bonds is 3. The number of hydrogen-bond acceptors (Lipinski definition) is 6. The van der Waals surface area contributed by atoms with Gasteiger partial charge in [0.25, 0.3) is 0 Å². The Labute approximate surface area is 124 Å². The van der Waals surface area contributed by atoms with E-state index in [2.05, 4.69) is 20.5 Å². The van der Waals surface area contributed by atoms with Gasteiger partial charge in [-0.1, -0.05) is 25.6 Å². The first-order valence-electron chi connectivity index (χ1n) is 6.22. The zero-order chi connectivity index (χ0) is 15.5. The highest BCUT2D eigenvalue weighted by molar-refractivity contribution is 8.13. The minimum atomic E-state index is -0.209. The Morgan fingerprint density at radius 2 is 2.15 bits per heavy atom. The predicted molar refractivity (Wildman–Crippen MR) is 85.5 cm³/mol. The SMILES string of the molecule is CC.CN=C(N/N=C/c1c(CO)cnc(C)c1O)SC. The molecule has 0 aromatic carbocycles. The Bertz CT molecular complexity index is 476. The number of hydrazone groups is 1. The number of nitrogens with zero attached hydrogens (tertiary/aromatic N) is 3. The van der Waals surface area contributed by atoms with Gasteiger partial charge in [0, 0.05) is 24.4 Å². The van der Waals surface area contributed by atoms with Gasteiger partial charge >= 0.3 is 0 Å². The Balaban J connectivity index is 0.00000172. The predicted octanol–water partition coefficient (Wildman–Crippen LogP) is 1.89. The smallest absolute Gasteiger partial charge is 0.176 e. The topological polar surface area (TPSA) is 90.1 Å². The maximum absolute atomic E-state index is 9.86. The van der Waals surface area contributed by atoms with Crippen LogP contribution in [-0.2, 0) is 6.61 Å². The molecular formula is C13H22N4O2S. The van der Waals surface area contributed by atoms with Crippen LogP contribution in [0.3, 0.4) is 0 Å². The number of amidine groups is 1. The molecule has 0 saturated carbocycles. The van der Waals surface area contributed by atoms with E-state index in [0.717, 1.165) is 0 Å². The summed E-state index contributed by atoms with van der Waals surface area (Å²) >= 11 is 1.42. The summed E-state index contributed by atoms with van der Waals surface area (Å²) in [6.45, 7) is 5.47. The molecule has 0 atom stereocenters. The van der Waals surface area contributed by atoms with Gasteiger partial charge in [-0.2, -0.15) is 5.10 Å². The Morgan fingerprint density at radius 3 is 2.65 bits per heavy atom. The van der Waals surface area contributed by atoms with E-state index in [4.69, 9.17) is 0 Å². The summed E-state index contributed by atoms with van der Waals surface area (Å²) in [4.78, 5) is 7.92. The molecule has 0 spiro atoms. The van der Waals surface area contributed by atoms with Gasteiger partial charge in [0.1, 0.15) is 5.75 Å². The molecule has 7 heteroatoms. The van der Waals surface area contributed by atoms with Crippen LogP contribution in [0.5, 0.6) is 5.75 Å². The monoisotopic (exact) mass is 298 g/mol. The van der Waals surface area contributed by atoms with Crippen molar-refractivity contribution >= 4 is 23.1 Å². The highest BCUT2D eigenvalue weighted by Crippen LogP contribution is 2.21. The zero-order valence-corrected chi connectivity index (χ0v) is 13.3. The number of aryl methyl sites for hydroxylation is 1. The number of nitrogens with one attached hydrogen (secondary N) is 1. The molecule has 0 aliphatic rings. The van der Waals surface area contributed by atoms with Gasteiger partial charge in [0.15, 0.2) is 5.17 Å².